The Bertz CT molecular complexity index is 1110. The first-order valence-electron chi connectivity index (χ1n) is 8.44. The highest BCUT2D eigenvalue weighted by atomic mass is 32.1. The van der Waals surface area contributed by atoms with Gasteiger partial charge in [0.1, 0.15) is 11.3 Å². The van der Waals surface area contributed by atoms with Crippen molar-refractivity contribution in [3.8, 4) is 0 Å². The second kappa shape index (κ2) is 7.25. The van der Waals surface area contributed by atoms with Crippen LogP contribution in [0.4, 0.5) is 9.52 Å². The molecule has 4 rings (SSSR count). The van der Waals surface area contributed by atoms with Crippen LogP contribution in [0.25, 0.3) is 10.2 Å². The van der Waals surface area contributed by atoms with Crippen LogP contribution in [-0.4, -0.2) is 15.9 Å². The number of hydrogen-bond donors (Lipinski definition) is 0. The molecular formula is C21H16FN3OS. The molecule has 6 heteroatoms. The van der Waals surface area contributed by atoms with E-state index in [1.54, 1.807) is 35.5 Å². The number of nitrogens with zero attached hydrogens (tertiary/aromatic N) is 3. The van der Waals surface area contributed by atoms with Crippen molar-refractivity contribution in [3.05, 3.63) is 89.5 Å². The van der Waals surface area contributed by atoms with Crippen LogP contribution in [0.5, 0.6) is 0 Å². The molecular weight excluding hydrogens is 361 g/mol. The van der Waals surface area contributed by atoms with Crippen molar-refractivity contribution >= 4 is 32.6 Å². The first-order chi connectivity index (χ1) is 13.1. The molecule has 27 heavy (non-hydrogen) atoms. The van der Waals surface area contributed by atoms with Gasteiger partial charge in [0.15, 0.2) is 5.13 Å². The van der Waals surface area contributed by atoms with E-state index in [1.165, 1.54) is 17.4 Å². The molecule has 0 unspecified atom stereocenters. The van der Waals surface area contributed by atoms with E-state index < -0.39 is 0 Å². The third-order valence-corrected chi connectivity index (χ3v) is 5.21. The van der Waals surface area contributed by atoms with E-state index in [9.17, 15) is 9.18 Å². The van der Waals surface area contributed by atoms with Crippen LogP contribution in [-0.2, 0) is 6.54 Å². The molecule has 0 fully saturated rings. The van der Waals surface area contributed by atoms with E-state index in [0.717, 1.165) is 11.1 Å². The van der Waals surface area contributed by atoms with Crippen LogP contribution in [0.2, 0.25) is 0 Å². The molecule has 0 N–H and O–H groups in total. The lowest BCUT2D eigenvalue weighted by Crippen LogP contribution is -2.30. The summed E-state index contributed by atoms with van der Waals surface area (Å²) >= 11 is 1.30. The van der Waals surface area contributed by atoms with Gasteiger partial charge in [-0.3, -0.25) is 14.7 Å². The van der Waals surface area contributed by atoms with Crippen LogP contribution in [0.15, 0.2) is 67.0 Å². The Hall–Kier alpha value is -3.12. The number of aryl methyl sites for hydroxylation is 1. The predicted molar refractivity (Wildman–Crippen MR) is 106 cm³/mol. The lowest BCUT2D eigenvalue weighted by Gasteiger charge is -2.20. The van der Waals surface area contributed by atoms with Gasteiger partial charge in [-0.2, -0.15) is 0 Å². The Morgan fingerprint density at radius 3 is 2.74 bits per heavy atom. The molecule has 0 bridgehead atoms. The van der Waals surface area contributed by atoms with Crippen LogP contribution < -0.4 is 4.90 Å². The van der Waals surface area contributed by atoms with Crippen LogP contribution in [0.1, 0.15) is 21.5 Å². The zero-order valence-corrected chi connectivity index (χ0v) is 15.4. The van der Waals surface area contributed by atoms with Gasteiger partial charge < -0.3 is 0 Å². The largest absolute Gasteiger partial charge is 0.279 e. The summed E-state index contributed by atoms with van der Waals surface area (Å²) in [4.78, 5) is 23.3. The van der Waals surface area contributed by atoms with Gasteiger partial charge in [0.25, 0.3) is 5.91 Å². The minimum Gasteiger partial charge on any atom is -0.279 e. The number of thiazole rings is 1. The van der Waals surface area contributed by atoms with Crippen molar-refractivity contribution in [2.75, 3.05) is 4.90 Å². The van der Waals surface area contributed by atoms with Gasteiger partial charge in [-0.1, -0.05) is 41.2 Å². The number of rotatable bonds is 4. The second-order valence-corrected chi connectivity index (χ2v) is 7.21. The minimum absolute atomic E-state index is 0.179. The summed E-state index contributed by atoms with van der Waals surface area (Å²) in [5.74, 6) is -0.568. The van der Waals surface area contributed by atoms with E-state index in [-0.39, 0.29) is 17.2 Å². The van der Waals surface area contributed by atoms with Crippen molar-refractivity contribution in [1.82, 2.24) is 9.97 Å². The van der Waals surface area contributed by atoms with Gasteiger partial charge in [-0.25, -0.2) is 9.37 Å². The SMILES string of the molecule is Cc1cccc(C(=O)N(Cc2cccnc2)c2nc3c(F)cccc3s2)c1. The van der Waals surface area contributed by atoms with Gasteiger partial charge in [0.05, 0.1) is 11.2 Å². The summed E-state index contributed by atoms with van der Waals surface area (Å²) in [6.45, 7) is 2.25. The van der Waals surface area contributed by atoms with Gasteiger partial charge in [-0.05, 0) is 42.8 Å². The number of para-hydroxylation sites is 1. The van der Waals surface area contributed by atoms with E-state index in [2.05, 4.69) is 9.97 Å². The molecule has 0 spiro atoms. The van der Waals surface area contributed by atoms with Crippen molar-refractivity contribution in [1.29, 1.82) is 0 Å². The minimum atomic E-state index is -0.390. The zero-order valence-electron chi connectivity index (χ0n) is 14.6. The molecule has 0 atom stereocenters. The number of carbonyl (C=O) groups excluding carboxylic acids is 1. The zero-order chi connectivity index (χ0) is 18.8. The smallest absolute Gasteiger partial charge is 0.260 e. The molecule has 2 aromatic carbocycles. The molecule has 4 aromatic rings. The first-order valence-corrected chi connectivity index (χ1v) is 9.26. The molecule has 134 valence electrons. The third kappa shape index (κ3) is 3.57. The fraction of sp³-hybridized carbons (Fsp3) is 0.0952. The number of benzene rings is 2. The van der Waals surface area contributed by atoms with Crippen molar-refractivity contribution in [3.63, 3.8) is 0 Å². The quantitative estimate of drug-likeness (QED) is 0.504. The summed E-state index contributed by atoms with van der Waals surface area (Å²) in [5.41, 5.74) is 2.72. The van der Waals surface area contributed by atoms with E-state index in [1.807, 2.05) is 37.3 Å². The van der Waals surface area contributed by atoms with Gasteiger partial charge in [0, 0.05) is 18.0 Å². The maximum absolute atomic E-state index is 14.1. The summed E-state index contributed by atoms with van der Waals surface area (Å²) in [7, 11) is 0. The molecule has 0 saturated heterocycles. The summed E-state index contributed by atoms with van der Waals surface area (Å²) in [6, 6.07) is 16.0. The summed E-state index contributed by atoms with van der Waals surface area (Å²) < 4.78 is 14.8. The molecule has 4 nitrogen and oxygen atoms in total. The van der Waals surface area contributed by atoms with Crippen molar-refractivity contribution in [2.45, 2.75) is 13.5 Å². The average Bonchev–Trinajstić information content (AvgIpc) is 3.12. The number of hydrogen-bond acceptors (Lipinski definition) is 4. The molecule has 2 heterocycles. The van der Waals surface area contributed by atoms with Gasteiger partial charge in [-0.15, -0.1) is 0 Å². The first kappa shape index (κ1) is 17.3. The maximum Gasteiger partial charge on any atom is 0.260 e. The summed E-state index contributed by atoms with van der Waals surface area (Å²) in [6.07, 6.45) is 3.40. The van der Waals surface area contributed by atoms with Gasteiger partial charge in [0.2, 0.25) is 0 Å². The summed E-state index contributed by atoms with van der Waals surface area (Å²) in [5, 5.41) is 0.463. The Morgan fingerprint density at radius 1 is 1.15 bits per heavy atom. The molecule has 1 amide bonds. The van der Waals surface area contributed by atoms with Crippen molar-refractivity contribution in [2.24, 2.45) is 0 Å². The molecule has 0 aliphatic heterocycles. The molecule has 2 aromatic heterocycles. The third-order valence-electron chi connectivity index (χ3n) is 4.16. The number of halogens is 1. The number of pyridine rings is 1. The van der Waals surface area contributed by atoms with Crippen molar-refractivity contribution < 1.29 is 9.18 Å². The molecule has 0 radical (unpaired) electrons. The van der Waals surface area contributed by atoms with Crippen LogP contribution >= 0.6 is 11.3 Å². The Morgan fingerprint density at radius 2 is 2.00 bits per heavy atom. The normalized spacial score (nSPS) is 10.9. The van der Waals surface area contributed by atoms with E-state index >= 15 is 0 Å². The second-order valence-electron chi connectivity index (χ2n) is 6.21. The monoisotopic (exact) mass is 377 g/mol. The Labute approximate surface area is 159 Å². The maximum atomic E-state index is 14.1. The average molecular weight is 377 g/mol. The fourth-order valence-corrected chi connectivity index (χ4v) is 3.83. The lowest BCUT2D eigenvalue weighted by atomic mass is 10.1. The Kier molecular flexibility index (Phi) is 4.64. The molecule has 0 aliphatic carbocycles. The number of aromatic nitrogens is 2. The fourth-order valence-electron chi connectivity index (χ4n) is 2.85. The number of anilines is 1. The van der Waals surface area contributed by atoms with E-state index in [4.69, 9.17) is 0 Å². The molecule has 0 aliphatic rings. The highest BCUT2D eigenvalue weighted by Gasteiger charge is 2.22. The number of amides is 1. The van der Waals surface area contributed by atoms with Crippen LogP contribution in [0.3, 0.4) is 0 Å². The number of fused-ring (bicyclic) bond motifs is 1. The number of carbonyl (C=O) groups is 1. The predicted octanol–water partition coefficient (Wildman–Crippen LogP) is 4.99. The van der Waals surface area contributed by atoms with E-state index in [0.29, 0.717) is 21.9 Å². The molecule has 0 saturated carbocycles. The highest BCUT2D eigenvalue weighted by Crippen LogP contribution is 2.32. The highest BCUT2D eigenvalue weighted by molar-refractivity contribution is 7.22. The topological polar surface area (TPSA) is 46.1 Å². The van der Waals surface area contributed by atoms with Gasteiger partial charge >= 0.3 is 0 Å². The standard InChI is InChI=1S/C21H16FN3OS/c1-14-5-2-7-16(11-14)20(26)25(13-15-6-4-10-23-12-15)21-24-19-17(22)8-3-9-18(19)27-21/h2-12H,13H2,1H3. The Balaban J connectivity index is 1.79. The lowest BCUT2D eigenvalue weighted by molar-refractivity contribution is 0.0985. The van der Waals surface area contributed by atoms with Crippen LogP contribution in [0, 0.1) is 12.7 Å².